The third-order valence-electron chi connectivity index (χ3n) is 2.01. The second-order valence-electron chi connectivity index (χ2n) is 3.92. The van der Waals surface area contributed by atoms with Gasteiger partial charge >= 0.3 is 5.97 Å². The summed E-state index contributed by atoms with van der Waals surface area (Å²) in [5.41, 5.74) is 2.58. The van der Waals surface area contributed by atoms with E-state index in [1.54, 1.807) is 12.1 Å². The SMILES string of the molecule is Cc1cc(C)cc(CS(=O)(=O)CC(=O)O)c1. The van der Waals surface area contributed by atoms with E-state index in [0.717, 1.165) is 11.1 Å². The van der Waals surface area contributed by atoms with E-state index in [0.29, 0.717) is 5.56 Å². The van der Waals surface area contributed by atoms with Crippen LogP contribution < -0.4 is 0 Å². The lowest BCUT2D eigenvalue weighted by atomic mass is 10.1. The number of rotatable bonds is 4. The van der Waals surface area contributed by atoms with E-state index >= 15 is 0 Å². The van der Waals surface area contributed by atoms with Crippen molar-refractivity contribution in [2.75, 3.05) is 5.75 Å². The van der Waals surface area contributed by atoms with Gasteiger partial charge in [0.2, 0.25) is 0 Å². The third kappa shape index (κ3) is 4.02. The first kappa shape index (κ1) is 12.7. The van der Waals surface area contributed by atoms with Crippen LogP contribution in [0.25, 0.3) is 0 Å². The first-order chi connectivity index (χ1) is 7.28. The molecule has 0 aliphatic heterocycles. The van der Waals surface area contributed by atoms with Crippen LogP contribution >= 0.6 is 0 Å². The van der Waals surface area contributed by atoms with Gasteiger partial charge in [0, 0.05) is 0 Å². The van der Waals surface area contributed by atoms with Crippen molar-refractivity contribution < 1.29 is 18.3 Å². The Balaban J connectivity index is 2.92. The molecule has 5 heteroatoms. The topological polar surface area (TPSA) is 71.4 Å². The highest BCUT2D eigenvalue weighted by molar-refractivity contribution is 7.91. The fourth-order valence-electron chi connectivity index (χ4n) is 1.65. The lowest BCUT2D eigenvalue weighted by molar-refractivity contribution is -0.134. The Kier molecular flexibility index (Phi) is 3.70. The molecular weight excluding hydrogens is 228 g/mol. The summed E-state index contributed by atoms with van der Waals surface area (Å²) < 4.78 is 22.9. The molecule has 0 unspecified atom stereocenters. The van der Waals surface area contributed by atoms with E-state index in [1.165, 1.54) is 0 Å². The van der Waals surface area contributed by atoms with Crippen LogP contribution in [0.5, 0.6) is 0 Å². The molecule has 0 bridgehead atoms. The lowest BCUT2D eigenvalue weighted by Gasteiger charge is -2.05. The van der Waals surface area contributed by atoms with Crippen LogP contribution in [0.1, 0.15) is 16.7 Å². The number of hydrogen-bond acceptors (Lipinski definition) is 3. The normalized spacial score (nSPS) is 11.4. The number of aliphatic carboxylic acids is 1. The number of carbonyl (C=O) groups is 1. The average molecular weight is 242 g/mol. The van der Waals surface area contributed by atoms with Crippen molar-refractivity contribution in [2.45, 2.75) is 19.6 Å². The Morgan fingerprint density at radius 1 is 1.19 bits per heavy atom. The fourth-order valence-corrected chi connectivity index (χ4v) is 2.80. The number of benzene rings is 1. The van der Waals surface area contributed by atoms with Crippen LogP contribution in [0.3, 0.4) is 0 Å². The Bertz CT molecular complexity index is 482. The van der Waals surface area contributed by atoms with Crippen molar-refractivity contribution in [1.82, 2.24) is 0 Å². The molecule has 0 aliphatic rings. The highest BCUT2D eigenvalue weighted by Crippen LogP contribution is 2.12. The average Bonchev–Trinajstić information content (AvgIpc) is 1.95. The molecule has 1 aromatic carbocycles. The van der Waals surface area contributed by atoms with E-state index in [4.69, 9.17) is 5.11 Å². The molecule has 1 rings (SSSR count). The summed E-state index contributed by atoms with van der Waals surface area (Å²) >= 11 is 0. The molecule has 16 heavy (non-hydrogen) atoms. The fraction of sp³-hybridized carbons (Fsp3) is 0.364. The third-order valence-corrected chi connectivity index (χ3v) is 3.47. The molecule has 1 aromatic rings. The van der Waals surface area contributed by atoms with Gasteiger partial charge < -0.3 is 5.11 Å². The molecule has 0 saturated carbocycles. The maximum atomic E-state index is 11.5. The molecule has 0 atom stereocenters. The maximum Gasteiger partial charge on any atom is 0.318 e. The molecule has 4 nitrogen and oxygen atoms in total. The minimum Gasteiger partial charge on any atom is -0.480 e. The van der Waals surface area contributed by atoms with Crippen molar-refractivity contribution in [3.63, 3.8) is 0 Å². The van der Waals surface area contributed by atoms with Crippen molar-refractivity contribution in [3.05, 3.63) is 34.9 Å². The molecule has 0 amide bonds. The highest BCUT2D eigenvalue weighted by atomic mass is 32.2. The first-order valence-corrected chi connectivity index (χ1v) is 6.60. The standard InChI is InChI=1S/C11H14O4S/c1-8-3-9(2)5-10(4-8)6-16(14,15)7-11(12)13/h3-5H,6-7H2,1-2H3,(H,12,13). The molecule has 0 saturated heterocycles. The second-order valence-corrected chi connectivity index (χ2v) is 5.99. The summed E-state index contributed by atoms with van der Waals surface area (Å²) in [6.07, 6.45) is 0. The molecule has 0 fully saturated rings. The zero-order valence-electron chi connectivity index (χ0n) is 9.23. The Hall–Kier alpha value is -1.36. The minimum atomic E-state index is -3.57. The van der Waals surface area contributed by atoms with E-state index in [1.807, 2.05) is 19.9 Å². The lowest BCUT2D eigenvalue weighted by Crippen LogP contribution is -2.17. The monoisotopic (exact) mass is 242 g/mol. The van der Waals surface area contributed by atoms with Gasteiger partial charge in [-0.15, -0.1) is 0 Å². The van der Waals surface area contributed by atoms with Gasteiger partial charge in [0.05, 0.1) is 5.75 Å². The van der Waals surface area contributed by atoms with Crippen molar-refractivity contribution in [2.24, 2.45) is 0 Å². The number of carboxylic acids is 1. The van der Waals surface area contributed by atoms with Crippen LogP contribution in [-0.2, 0) is 20.4 Å². The van der Waals surface area contributed by atoms with Crippen LogP contribution in [0.4, 0.5) is 0 Å². The summed E-state index contributed by atoms with van der Waals surface area (Å²) in [7, 11) is -3.57. The van der Waals surface area contributed by atoms with Crippen molar-refractivity contribution in [3.8, 4) is 0 Å². The zero-order chi connectivity index (χ0) is 12.3. The van der Waals surface area contributed by atoms with Crippen molar-refractivity contribution >= 4 is 15.8 Å². The zero-order valence-corrected chi connectivity index (χ0v) is 10.0. The van der Waals surface area contributed by atoms with Gasteiger partial charge in [-0.25, -0.2) is 8.42 Å². The van der Waals surface area contributed by atoms with E-state index in [2.05, 4.69) is 0 Å². The highest BCUT2D eigenvalue weighted by Gasteiger charge is 2.16. The molecule has 0 aliphatic carbocycles. The summed E-state index contributed by atoms with van der Waals surface area (Å²) in [6, 6.07) is 5.45. The molecule has 1 N–H and O–H groups in total. The summed E-state index contributed by atoms with van der Waals surface area (Å²) in [4.78, 5) is 10.4. The van der Waals surface area contributed by atoms with Gasteiger partial charge in [0.15, 0.2) is 9.84 Å². The van der Waals surface area contributed by atoms with Gasteiger partial charge in [0.1, 0.15) is 5.75 Å². The molecule has 0 spiro atoms. The molecule has 0 radical (unpaired) electrons. The number of hydrogen-bond donors (Lipinski definition) is 1. The van der Waals surface area contributed by atoms with E-state index in [-0.39, 0.29) is 5.75 Å². The van der Waals surface area contributed by atoms with Gasteiger partial charge in [-0.3, -0.25) is 4.79 Å². The Morgan fingerprint density at radius 2 is 1.69 bits per heavy atom. The van der Waals surface area contributed by atoms with Gasteiger partial charge in [-0.1, -0.05) is 29.3 Å². The van der Waals surface area contributed by atoms with E-state index < -0.39 is 21.6 Å². The van der Waals surface area contributed by atoms with Crippen LogP contribution in [0.15, 0.2) is 18.2 Å². The first-order valence-electron chi connectivity index (χ1n) is 4.78. The largest absolute Gasteiger partial charge is 0.480 e. The van der Waals surface area contributed by atoms with Gasteiger partial charge in [-0.2, -0.15) is 0 Å². The predicted octanol–water partition coefficient (Wildman–Crippen LogP) is 1.30. The number of carboxylic acid groups (broad SMARTS) is 1. The Morgan fingerprint density at radius 3 is 2.12 bits per heavy atom. The summed E-state index contributed by atoms with van der Waals surface area (Å²) in [5, 5.41) is 8.46. The minimum absolute atomic E-state index is 0.220. The Labute approximate surface area is 94.8 Å². The second kappa shape index (κ2) is 4.65. The quantitative estimate of drug-likeness (QED) is 0.864. The van der Waals surface area contributed by atoms with Crippen LogP contribution in [0, 0.1) is 13.8 Å². The molecule has 0 aromatic heterocycles. The number of aryl methyl sites for hydroxylation is 2. The van der Waals surface area contributed by atoms with Crippen LogP contribution in [0.2, 0.25) is 0 Å². The smallest absolute Gasteiger partial charge is 0.318 e. The molecule has 88 valence electrons. The van der Waals surface area contributed by atoms with E-state index in [9.17, 15) is 13.2 Å². The maximum absolute atomic E-state index is 11.5. The molecule has 0 heterocycles. The summed E-state index contributed by atoms with van der Waals surface area (Å²) in [6.45, 7) is 3.75. The van der Waals surface area contributed by atoms with Crippen LogP contribution in [-0.4, -0.2) is 25.2 Å². The summed E-state index contributed by atoms with van der Waals surface area (Å²) in [5.74, 6) is -2.36. The predicted molar refractivity (Wildman–Crippen MR) is 61.0 cm³/mol. The van der Waals surface area contributed by atoms with Gasteiger partial charge in [0.25, 0.3) is 0 Å². The molecular formula is C11H14O4S. The number of sulfone groups is 1. The van der Waals surface area contributed by atoms with Gasteiger partial charge in [-0.05, 0) is 19.4 Å². The van der Waals surface area contributed by atoms with Crippen molar-refractivity contribution in [1.29, 1.82) is 0 Å².